The number of hydrogen-bond donors (Lipinski definition) is 1. The lowest BCUT2D eigenvalue weighted by molar-refractivity contribution is 0.668. The van der Waals surface area contributed by atoms with Gasteiger partial charge in [0.1, 0.15) is 23.2 Å². The molecule has 0 bridgehead atoms. The molecule has 3 heterocycles. The predicted octanol–water partition coefficient (Wildman–Crippen LogP) is 9.18. The van der Waals surface area contributed by atoms with Crippen LogP contribution in [0.3, 0.4) is 0 Å². The molecule has 0 radical (unpaired) electrons. The SMILES string of the molecule is c1ccc(C2=NC(c3ccccc3)NC(c3ccc4oc5cccc(-n6c7ccccc7c7ccccc76)c5c4c3)=N2)cc1. The molecule has 0 amide bonds. The van der Waals surface area contributed by atoms with E-state index in [2.05, 4.69) is 113 Å². The Morgan fingerprint density at radius 1 is 0.568 bits per heavy atom. The Labute approximate surface area is 253 Å². The first-order chi connectivity index (χ1) is 21.8. The number of aliphatic imine (C=N–C) groups is 2. The number of benzene rings is 6. The van der Waals surface area contributed by atoms with Gasteiger partial charge < -0.3 is 14.3 Å². The molecular formula is C39H26N4O. The lowest BCUT2D eigenvalue weighted by Crippen LogP contribution is -2.33. The third-order valence-electron chi connectivity index (χ3n) is 8.46. The number of aromatic nitrogens is 1. The van der Waals surface area contributed by atoms with E-state index in [1.165, 1.54) is 21.8 Å². The van der Waals surface area contributed by atoms with Gasteiger partial charge in [0.25, 0.3) is 0 Å². The van der Waals surface area contributed by atoms with Gasteiger partial charge in [-0.05, 0) is 48.0 Å². The van der Waals surface area contributed by atoms with Crippen molar-refractivity contribution in [1.82, 2.24) is 9.88 Å². The molecular weight excluding hydrogens is 540 g/mol. The Morgan fingerprint density at radius 3 is 2.00 bits per heavy atom. The molecule has 1 atom stereocenters. The molecule has 1 aliphatic rings. The van der Waals surface area contributed by atoms with Gasteiger partial charge in [-0.3, -0.25) is 0 Å². The molecule has 5 nitrogen and oxygen atoms in total. The number of amidine groups is 2. The molecule has 44 heavy (non-hydrogen) atoms. The summed E-state index contributed by atoms with van der Waals surface area (Å²) in [4.78, 5) is 10.0. The lowest BCUT2D eigenvalue weighted by atomic mass is 10.1. The summed E-state index contributed by atoms with van der Waals surface area (Å²) in [7, 11) is 0. The fourth-order valence-electron chi connectivity index (χ4n) is 6.44. The molecule has 0 saturated carbocycles. The van der Waals surface area contributed by atoms with E-state index in [9.17, 15) is 0 Å². The first kappa shape index (κ1) is 24.6. The number of rotatable bonds is 4. The molecule has 1 N–H and O–H groups in total. The van der Waals surface area contributed by atoms with Crippen LogP contribution in [0.5, 0.6) is 0 Å². The average molecular weight is 567 g/mol. The van der Waals surface area contributed by atoms with Gasteiger partial charge in [-0.25, -0.2) is 9.98 Å². The quantitative estimate of drug-likeness (QED) is 0.231. The summed E-state index contributed by atoms with van der Waals surface area (Å²) in [6, 6.07) is 50.3. The molecule has 5 heteroatoms. The molecule has 0 saturated heterocycles. The van der Waals surface area contributed by atoms with Crippen molar-refractivity contribution in [2.45, 2.75) is 6.17 Å². The molecule has 6 aromatic carbocycles. The smallest absolute Gasteiger partial charge is 0.159 e. The summed E-state index contributed by atoms with van der Waals surface area (Å²) in [5.41, 5.74) is 8.14. The maximum absolute atomic E-state index is 6.44. The normalized spacial score (nSPS) is 15.0. The Bertz CT molecular complexity index is 2360. The predicted molar refractivity (Wildman–Crippen MR) is 180 cm³/mol. The van der Waals surface area contributed by atoms with Gasteiger partial charge in [-0.1, -0.05) is 103 Å². The van der Waals surface area contributed by atoms with Crippen LogP contribution in [0.1, 0.15) is 22.9 Å². The van der Waals surface area contributed by atoms with Crippen LogP contribution in [0, 0.1) is 0 Å². The van der Waals surface area contributed by atoms with E-state index in [0.29, 0.717) is 5.84 Å². The number of para-hydroxylation sites is 2. The van der Waals surface area contributed by atoms with E-state index in [4.69, 9.17) is 14.4 Å². The highest BCUT2D eigenvalue weighted by molar-refractivity contribution is 6.17. The average Bonchev–Trinajstić information content (AvgIpc) is 3.64. The molecule has 0 spiro atoms. The van der Waals surface area contributed by atoms with Crippen molar-refractivity contribution in [1.29, 1.82) is 0 Å². The van der Waals surface area contributed by atoms with Gasteiger partial charge in [0.2, 0.25) is 0 Å². The fraction of sp³-hybridized carbons (Fsp3) is 0.0256. The van der Waals surface area contributed by atoms with E-state index in [1.807, 2.05) is 42.5 Å². The number of hydrogen-bond acceptors (Lipinski definition) is 4. The zero-order chi connectivity index (χ0) is 29.0. The molecule has 1 unspecified atom stereocenters. The molecule has 0 aliphatic carbocycles. The van der Waals surface area contributed by atoms with E-state index in [1.54, 1.807) is 0 Å². The van der Waals surface area contributed by atoms with Gasteiger partial charge in [0.15, 0.2) is 5.84 Å². The van der Waals surface area contributed by atoms with E-state index in [-0.39, 0.29) is 6.17 Å². The van der Waals surface area contributed by atoms with Crippen molar-refractivity contribution in [2.75, 3.05) is 0 Å². The Hall–Kier alpha value is -5.94. The van der Waals surface area contributed by atoms with Gasteiger partial charge in [-0.2, -0.15) is 0 Å². The first-order valence-corrected chi connectivity index (χ1v) is 14.8. The van der Waals surface area contributed by atoms with Crippen LogP contribution in [0.15, 0.2) is 160 Å². The van der Waals surface area contributed by atoms with Crippen molar-refractivity contribution in [2.24, 2.45) is 9.98 Å². The maximum atomic E-state index is 6.44. The zero-order valence-corrected chi connectivity index (χ0v) is 23.7. The van der Waals surface area contributed by atoms with Crippen molar-refractivity contribution >= 4 is 55.4 Å². The van der Waals surface area contributed by atoms with Crippen LogP contribution in [0.25, 0.3) is 49.4 Å². The van der Waals surface area contributed by atoms with E-state index in [0.717, 1.165) is 50.2 Å². The third kappa shape index (κ3) is 3.87. The van der Waals surface area contributed by atoms with Crippen LogP contribution in [-0.4, -0.2) is 16.2 Å². The van der Waals surface area contributed by atoms with Crippen LogP contribution >= 0.6 is 0 Å². The van der Waals surface area contributed by atoms with Gasteiger partial charge in [0.05, 0.1) is 22.1 Å². The molecule has 0 fully saturated rings. The highest BCUT2D eigenvalue weighted by atomic mass is 16.3. The largest absolute Gasteiger partial charge is 0.456 e. The summed E-state index contributed by atoms with van der Waals surface area (Å²) in [6.45, 7) is 0. The second kappa shape index (κ2) is 9.82. The molecule has 8 aromatic rings. The molecule has 9 rings (SSSR count). The van der Waals surface area contributed by atoms with Gasteiger partial charge in [0, 0.05) is 27.3 Å². The minimum atomic E-state index is -0.260. The third-order valence-corrected chi connectivity index (χ3v) is 8.46. The Balaban J connectivity index is 1.25. The molecule has 1 aliphatic heterocycles. The van der Waals surface area contributed by atoms with Crippen molar-refractivity contribution < 1.29 is 4.42 Å². The molecule has 2 aromatic heterocycles. The highest BCUT2D eigenvalue weighted by Crippen LogP contribution is 2.39. The van der Waals surface area contributed by atoms with E-state index >= 15 is 0 Å². The summed E-state index contributed by atoms with van der Waals surface area (Å²) in [5, 5.41) is 8.18. The lowest BCUT2D eigenvalue weighted by Gasteiger charge is -2.23. The van der Waals surface area contributed by atoms with Crippen LogP contribution in [0.4, 0.5) is 0 Å². The van der Waals surface area contributed by atoms with Crippen molar-refractivity contribution in [3.8, 4) is 5.69 Å². The number of fused-ring (bicyclic) bond motifs is 6. The van der Waals surface area contributed by atoms with Crippen molar-refractivity contribution in [3.05, 3.63) is 162 Å². The number of furan rings is 1. The van der Waals surface area contributed by atoms with E-state index < -0.39 is 0 Å². The second-order valence-corrected chi connectivity index (χ2v) is 11.1. The van der Waals surface area contributed by atoms with Crippen molar-refractivity contribution in [3.63, 3.8) is 0 Å². The van der Waals surface area contributed by atoms with Crippen LogP contribution in [-0.2, 0) is 0 Å². The van der Waals surface area contributed by atoms with Gasteiger partial charge >= 0.3 is 0 Å². The number of nitrogens with one attached hydrogen (secondary N) is 1. The summed E-state index contributed by atoms with van der Waals surface area (Å²) >= 11 is 0. The van der Waals surface area contributed by atoms with Gasteiger partial charge in [-0.15, -0.1) is 0 Å². The first-order valence-electron chi connectivity index (χ1n) is 14.8. The standard InChI is InChI=1S/C39H26N4O/c1-3-12-25(13-4-1)37-40-38(26-14-5-2-6-15-26)42-39(41-37)27-22-23-34-30(24-27)36-33(20-11-21-35(36)44-34)43-31-18-9-7-16-28(31)29-17-8-10-19-32(29)43/h1-24,37H,(H,40,41,42). The minimum absolute atomic E-state index is 0.260. The summed E-state index contributed by atoms with van der Waals surface area (Å²) in [5.74, 6) is 1.48. The fourth-order valence-corrected chi connectivity index (χ4v) is 6.44. The Morgan fingerprint density at radius 2 is 1.25 bits per heavy atom. The highest BCUT2D eigenvalue weighted by Gasteiger charge is 2.23. The van der Waals surface area contributed by atoms with Crippen LogP contribution < -0.4 is 5.32 Å². The maximum Gasteiger partial charge on any atom is 0.159 e. The number of nitrogens with zero attached hydrogens (tertiary/aromatic N) is 3. The van der Waals surface area contributed by atoms with Crippen LogP contribution in [0.2, 0.25) is 0 Å². The monoisotopic (exact) mass is 566 g/mol. The molecule has 208 valence electrons. The topological polar surface area (TPSA) is 54.8 Å². The summed E-state index contributed by atoms with van der Waals surface area (Å²) < 4.78 is 8.80. The second-order valence-electron chi connectivity index (χ2n) is 11.1. The minimum Gasteiger partial charge on any atom is -0.456 e. The zero-order valence-electron chi connectivity index (χ0n) is 23.7. The summed E-state index contributed by atoms with van der Waals surface area (Å²) in [6.07, 6.45) is -0.260. The Kier molecular flexibility index (Phi) is 5.50.